The minimum absolute atomic E-state index is 0.0751. The Bertz CT molecular complexity index is 196. The number of hydrogen-bond donors (Lipinski definition) is 0. The largest absolute Gasteiger partial charge is 0.379 e. The fourth-order valence-corrected chi connectivity index (χ4v) is 1.38. The first kappa shape index (κ1) is 11.6. The van der Waals surface area contributed by atoms with Crippen LogP contribution in [0.5, 0.6) is 0 Å². The van der Waals surface area contributed by atoms with Crippen LogP contribution in [-0.2, 0) is 4.74 Å². The van der Waals surface area contributed by atoms with E-state index in [1.54, 1.807) is 7.11 Å². The third-order valence-corrected chi connectivity index (χ3v) is 1.83. The molecule has 2 heteroatoms. The van der Waals surface area contributed by atoms with E-state index in [4.69, 9.17) is 12.6 Å². The van der Waals surface area contributed by atoms with Crippen molar-refractivity contribution in [2.75, 3.05) is 7.11 Å². The molecule has 1 nitrogen and oxygen atoms in total. The van der Waals surface area contributed by atoms with Gasteiger partial charge in [0.2, 0.25) is 0 Å². The minimum atomic E-state index is -0.132. The standard InChI is InChI=1S/C10H17BO/c1-9(2,6-7-11)8-10(3,4)12-5/h8H2,1-5H3. The van der Waals surface area contributed by atoms with E-state index in [2.05, 4.69) is 25.6 Å². The molecule has 0 saturated carbocycles. The first-order valence-electron chi connectivity index (χ1n) is 4.11. The first-order chi connectivity index (χ1) is 5.33. The minimum Gasteiger partial charge on any atom is -0.379 e. The molecule has 12 heavy (non-hydrogen) atoms. The molecule has 0 aromatic heterocycles. The summed E-state index contributed by atoms with van der Waals surface area (Å²) in [5, 5.41) is 0. The summed E-state index contributed by atoms with van der Waals surface area (Å²) in [6, 6.07) is 0. The maximum atomic E-state index is 5.31. The van der Waals surface area contributed by atoms with Gasteiger partial charge in [-0.1, -0.05) is 0 Å². The monoisotopic (exact) mass is 164 g/mol. The van der Waals surface area contributed by atoms with Crippen LogP contribution in [0, 0.1) is 17.2 Å². The van der Waals surface area contributed by atoms with Crippen LogP contribution in [0.3, 0.4) is 0 Å². The highest BCUT2D eigenvalue weighted by Gasteiger charge is 2.26. The highest BCUT2D eigenvalue weighted by atomic mass is 16.5. The maximum absolute atomic E-state index is 5.31. The Kier molecular flexibility index (Phi) is 3.87. The Morgan fingerprint density at radius 2 is 1.75 bits per heavy atom. The summed E-state index contributed by atoms with van der Waals surface area (Å²) in [4.78, 5) is 0. The van der Waals surface area contributed by atoms with Crippen LogP contribution in [-0.4, -0.2) is 20.6 Å². The molecule has 0 bridgehead atoms. The molecule has 0 aliphatic rings. The van der Waals surface area contributed by atoms with Gasteiger partial charge in [0.25, 0.3) is 0 Å². The molecule has 0 fully saturated rings. The van der Waals surface area contributed by atoms with Crippen molar-refractivity contribution in [3.05, 3.63) is 0 Å². The molecule has 0 unspecified atom stereocenters. The van der Waals surface area contributed by atoms with Crippen molar-refractivity contribution in [2.24, 2.45) is 5.41 Å². The second-order valence-electron chi connectivity index (χ2n) is 4.29. The summed E-state index contributed by atoms with van der Waals surface area (Å²) in [7, 11) is 6.89. The molecule has 0 amide bonds. The van der Waals surface area contributed by atoms with Gasteiger partial charge in [-0.25, -0.2) is 0 Å². The van der Waals surface area contributed by atoms with Crippen LogP contribution in [0.25, 0.3) is 0 Å². The zero-order chi connectivity index (χ0) is 9.83. The summed E-state index contributed by atoms with van der Waals surface area (Å²) < 4.78 is 5.31. The second-order valence-corrected chi connectivity index (χ2v) is 4.29. The maximum Gasteiger partial charge on any atom is 0.187 e. The smallest absolute Gasteiger partial charge is 0.187 e. The van der Waals surface area contributed by atoms with Gasteiger partial charge in [-0.05, 0) is 34.1 Å². The first-order valence-corrected chi connectivity index (χ1v) is 4.11. The van der Waals surface area contributed by atoms with Gasteiger partial charge >= 0.3 is 0 Å². The Hall–Kier alpha value is -0.415. The van der Waals surface area contributed by atoms with Crippen LogP contribution >= 0.6 is 0 Å². The average Bonchev–Trinajstić information content (AvgIpc) is 1.85. The lowest BCUT2D eigenvalue weighted by molar-refractivity contribution is -0.00303. The van der Waals surface area contributed by atoms with E-state index in [1.807, 2.05) is 13.8 Å². The summed E-state index contributed by atoms with van der Waals surface area (Å²) in [6.45, 7) is 8.22. The van der Waals surface area contributed by atoms with Crippen molar-refractivity contribution in [1.82, 2.24) is 0 Å². The Morgan fingerprint density at radius 1 is 1.25 bits per heavy atom. The van der Waals surface area contributed by atoms with E-state index < -0.39 is 0 Å². The van der Waals surface area contributed by atoms with Crippen molar-refractivity contribution in [2.45, 2.75) is 39.7 Å². The van der Waals surface area contributed by atoms with Gasteiger partial charge in [-0.2, -0.15) is 5.82 Å². The lowest BCUT2D eigenvalue weighted by Gasteiger charge is -2.30. The second kappa shape index (κ2) is 4.00. The molecule has 0 spiro atoms. The van der Waals surface area contributed by atoms with Crippen molar-refractivity contribution < 1.29 is 4.74 Å². The lowest BCUT2D eigenvalue weighted by atomic mass is 9.81. The van der Waals surface area contributed by atoms with Crippen LogP contribution in [0.1, 0.15) is 34.1 Å². The number of methoxy groups -OCH3 is 1. The molecule has 0 N–H and O–H groups in total. The quantitative estimate of drug-likeness (QED) is 0.457. The predicted molar refractivity (Wildman–Crippen MR) is 53.0 cm³/mol. The van der Waals surface area contributed by atoms with Crippen LogP contribution < -0.4 is 0 Å². The topological polar surface area (TPSA) is 9.23 Å². The molecule has 0 aliphatic carbocycles. The van der Waals surface area contributed by atoms with Crippen LogP contribution in [0.2, 0.25) is 0 Å². The third-order valence-electron chi connectivity index (χ3n) is 1.83. The highest BCUT2D eigenvalue weighted by Crippen LogP contribution is 2.28. The fraction of sp³-hybridized carbons (Fsp3) is 0.800. The van der Waals surface area contributed by atoms with Crippen molar-refractivity contribution in [3.63, 3.8) is 0 Å². The molecule has 0 heterocycles. The number of ether oxygens (including phenoxy) is 1. The lowest BCUT2D eigenvalue weighted by Crippen LogP contribution is -2.29. The summed E-state index contributed by atoms with van der Waals surface area (Å²) in [6.07, 6.45) is 0.876. The highest BCUT2D eigenvalue weighted by molar-refractivity contribution is 6.22. The van der Waals surface area contributed by atoms with Crippen LogP contribution in [0.15, 0.2) is 0 Å². The summed E-state index contributed by atoms with van der Waals surface area (Å²) in [5.74, 6) is 5.41. The summed E-state index contributed by atoms with van der Waals surface area (Å²) in [5.41, 5.74) is -0.207. The van der Waals surface area contributed by atoms with Gasteiger partial charge in [0.1, 0.15) is 0 Å². The molecule has 0 atom stereocenters. The van der Waals surface area contributed by atoms with Crippen LogP contribution in [0.4, 0.5) is 0 Å². The molecule has 2 radical (unpaired) electrons. The van der Waals surface area contributed by atoms with E-state index in [-0.39, 0.29) is 11.0 Å². The van der Waals surface area contributed by atoms with E-state index in [9.17, 15) is 0 Å². The zero-order valence-electron chi connectivity index (χ0n) is 8.69. The normalized spacial score (nSPS) is 12.1. The van der Waals surface area contributed by atoms with Gasteiger partial charge in [-0.15, -0.1) is 5.92 Å². The number of hydrogen-bond acceptors (Lipinski definition) is 1. The van der Waals surface area contributed by atoms with Crippen molar-refractivity contribution in [3.8, 4) is 11.7 Å². The molecule has 0 aliphatic heterocycles. The van der Waals surface area contributed by atoms with Gasteiger partial charge in [0.05, 0.1) is 5.60 Å². The SMILES string of the molecule is [B]C#CC(C)(C)CC(C)(C)OC. The van der Waals surface area contributed by atoms with Gasteiger partial charge in [-0.3, -0.25) is 0 Å². The van der Waals surface area contributed by atoms with Gasteiger partial charge < -0.3 is 4.74 Å². The van der Waals surface area contributed by atoms with Crippen molar-refractivity contribution >= 4 is 7.85 Å². The number of rotatable bonds is 3. The predicted octanol–water partition coefficient (Wildman–Crippen LogP) is 1.96. The Balaban J connectivity index is 4.30. The molecule has 66 valence electrons. The molecule has 0 rings (SSSR count). The fourth-order valence-electron chi connectivity index (χ4n) is 1.38. The molecule has 0 aromatic carbocycles. The molecular formula is C10H17BO. The third kappa shape index (κ3) is 4.46. The van der Waals surface area contributed by atoms with E-state index >= 15 is 0 Å². The molecular weight excluding hydrogens is 147 g/mol. The molecule has 0 saturated heterocycles. The summed E-state index contributed by atoms with van der Waals surface area (Å²) >= 11 is 0. The van der Waals surface area contributed by atoms with Crippen molar-refractivity contribution in [1.29, 1.82) is 0 Å². The van der Waals surface area contributed by atoms with E-state index in [0.717, 1.165) is 6.42 Å². The average molecular weight is 164 g/mol. The zero-order valence-corrected chi connectivity index (χ0v) is 8.69. The van der Waals surface area contributed by atoms with E-state index in [1.165, 1.54) is 0 Å². The Morgan fingerprint density at radius 3 is 2.08 bits per heavy atom. The van der Waals surface area contributed by atoms with Gasteiger partial charge in [0, 0.05) is 12.5 Å². The van der Waals surface area contributed by atoms with Gasteiger partial charge in [0.15, 0.2) is 7.85 Å². The molecule has 0 aromatic rings. The van der Waals surface area contributed by atoms with E-state index in [0.29, 0.717) is 0 Å². The Labute approximate surface area is 77.3 Å².